The molecule has 0 amide bonds. The van der Waals surface area contributed by atoms with Crippen molar-refractivity contribution in [3.8, 4) is 0 Å². The van der Waals surface area contributed by atoms with Gasteiger partial charge in [-0.25, -0.2) is 4.79 Å². The Balaban J connectivity index is 2.87. The van der Waals surface area contributed by atoms with Crippen molar-refractivity contribution in [2.75, 3.05) is 6.61 Å². The van der Waals surface area contributed by atoms with E-state index in [0.29, 0.717) is 0 Å². The van der Waals surface area contributed by atoms with Gasteiger partial charge in [0.25, 0.3) is 5.79 Å². The van der Waals surface area contributed by atoms with Gasteiger partial charge in [0.2, 0.25) is 0 Å². The molecule has 0 aromatic heterocycles. The van der Waals surface area contributed by atoms with Crippen LogP contribution in [0.2, 0.25) is 0 Å². The zero-order chi connectivity index (χ0) is 10.2. The fourth-order valence-corrected chi connectivity index (χ4v) is 1.57. The van der Waals surface area contributed by atoms with Gasteiger partial charge in [-0.2, -0.15) is 0 Å². The minimum Gasteiger partial charge on any atom is -0.477 e. The molecule has 0 aliphatic carbocycles. The van der Waals surface area contributed by atoms with Crippen LogP contribution in [-0.2, 0) is 9.53 Å². The maximum atomic E-state index is 10.7. The van der Waals surface area contributed by atoms with Gasteiger partial charge in [-0.05, 0) is 5.92 Å². The van der Waals surface area contributed by atoms with Gasteiger partial charge in [-0.15, -0.1) is 0 Å². The molecule has 1 aliphatic rings. The maximum absolute atomic E-state index is 10.7. The summed E-state index contributed by atoms with van der Waals surface area (Å²) >= 11 is 0. The summed E-state index contributed by atoms with van der Waals surface area (Å²) in [5, 5.41) is 27.1. The Kier molecular flexibility index (Phi) is 2.61. The molecule has 0 aromatic rings. The first-order chi connectivity index (χ1) is 5.93. The molecule has 1 aliphatic heterocycles. The largest absolute Gasteiger partial charge is 0.477 e. The molecule has 4 atom stereocenters. The lowest BCUT2D eigenvalue weighted by Gasteiger charge is -2.21. The topological polar surface area (TPSA) is 87.0 Å². The third-order valence-electron chi connectivity index (χ3n) is 2.81. The normalized spacial score (nSPS) is 45.1. The van der Waals surface area contributed by atoms with Crippen LogP contribution < -0.4 is 0 Å². The Bertz CT molecular complexity index is 217. The Morgan fingerprint density at radius 1 is 1.54 bits per heavy atom. The summed E-state index contributed by atoms with van der Waals surface area (Å²) in [5.74, 6) is -4.25. The van der Waals surface area contributed by atoms with E-state index in [1.807, 2.05) is 0 Å². The number of ether oxygens (including phenoxy) is 1. The monoisotopic (exact) mass is 190 g/mol. The fraction of sp³-hybridized carbons (Fsp3) is 0.875. The molecule has 0 radical (unpaired) electrons. The molecule has 1 rings (SSSR count). The molecule has 5 heteroatoms. The third-order valence-corrected chi connectivity index (χ3v) is 2.81. The molecule has 1 saturated heterocycles. The van der Waals surface area contributed by atoms with Crippen molar-refractivity contribution in [3.63, 3.8) is 0 Å². The smallest absolute Gasteiger partial charge is 0.364 e. The summed E-state index contributed by atoms with van der Waals surface area (Å²) in [6.45, 7) is 3.06. The predicted octanol–water partition coefficient (Wildman–Crippen LogP) is -0.577. The zero-order valence-electron chi connectivity index (χ0n) is 7.60. The van der Waals surface area contributed by atoms with Gasteiger partial charge in [0.1, 0.15) is 0 Å². The van der Waals surface area contributed by atoms with Gasteiger partial charge in [0.15, 0.2) is 0 Å². The quantitative estimate of drug-likeness (QED) is 0.542. The van der Waals surface area contributed by atoms with Crippen LogP contribution in [0.3, 0.4) is 0 Å². The highest BCUT2D eigenvalue weighted by molar-refractivity contribution is 5.76. The SMILES string of the molecule is C[C@H]1[C@@H](CO)O[C@](O)(C(=O)O)[C@H]1C. The van der Waals surface area contributed by atoms with Crippen LogP contribution in [0, 0.1) is 11.8 Å². The predicted molar refractivity (Wildman–Crippen MR) is 42.9 cm³/mol. The van der Waals surface area contributed by atoms with Crippen molar-refractivity contribution >= 4 is 5.97 Å². The van der Waals surface area contributed by atoms with E-state index in [1.54, 1.807) is 13.8 Å². The second-order valence-electron chi connectivity index (χ2n) is 3.49. The lowest BCUT2D eigenvalue weighted by atomic mass is 9.88. The zero-order valence-corrected chi connectivity index (χ0v) is 7.60. The summed E-state index contributed by atoms with van der Waals surface area (Å²) < 4.78 is 4.89. The molecular weight excluding hydrogens is 176 g/mol. The molecule has 0 bridgehead atoms. The van der Waals surface area contributed by atoms with Gasteiger partial charge in [0.05, 0.1) is 12.7 Å². The van der Waals surface area contributed by atoms with E-state index in [0.717, 1.165) is 0 Å². The number of hydrogen-bond donors (Lipinski definition) is 3. The van der Waals surface area contributed by atoms with E-state index in [1.165, 1.54) is 0 Å². The Morgan fingerprint density at radius 2 is 2.08 bits per heavy atom. The van der Waals surface area contributed by atoms with Gasteiger partial charge in [0, 0.05) is 5.92 Å². The van der Waals surface area contributed by atoms with Gasteiger partial charge in [-0.3, -0.25) is 0 Å². The Hall–Kier alpha value is -0.650. The highest BCUT2D eigenvalue weighted by Gasteiger charge is 2.55. The van der Waals surface area contributed by atoms with E-state index >= 15 is 0 Å². The second-order valence-corrected chi connectivity index (χ2v) is 3.49. The number of carboxylic acid groups (broad SMARTS) is 1. The summed E-state index contributed by atoms with van der Waals surface area (Å²) in [6.07, 6.45) is -0.601. The van der Waals surface area contributed by atoms with E-state index in [9.17, 15) is 9.90 Å². The van der Waals surface area contributed by atoms with Crippen molar-refractivity contribution in [2.45, 2.75) is 25.7 Å². The summed E-state index contributed by atoms with van der Waals surface area (Å²) in [7, 11) is 0. The van der Waals surface area contributed by atoms with Crippen LogP contribution in [0.15, 0.2) is 0 Å². The molecule has 1 heterocycles. The first-order valence-corrected chi connectivity index (χ1v) is 4.18. The molecule has 76 valence electrons. The number of rotatable bonds is 2. The number of carboxylic acids is 1. The summed E-state index contributed by atoms with van der Waals surface area (Å²) in [6, 6.07) is 0. The molecule has 1 fully saturated rings. The van der Waals surface area contributed by atoms with E-state index in [4.69, 9.17) is 14.9 Å². The first-order valence-electron chi connectivity index (χ1n) is 4.18. The highest BCUT2D eigenvalue weighted by atomic mass is 16.7. The van der Waals surface area contributed by atoms with Crippen LogP contribution in [0.5, 0.6) is 0 Å². The Labute approximate surface area is 75.9 Å². The van der Waals surface area contributed by atoms with Crippen molar-refractivity contribution < 1.29 is 24.9 Å². The molecule has 13 heavy (non-hydrogen) atoms. The standard InChI is InChI=1S/C8H14O5/c1-4-5(2)8(12,7(10)11)13-6(4)3-9/h4-6,9,12H,3H2,1-2H3,(H,10,11)/t4-,5+,6-,8+/m1/s1. The van der Waals surface area contributed by atoms with Crippen LogP contribution in [0.25, 0.3) is 0 Å². The van der Waals surface area contributed by atoms with Gasteiger partial charge in [-0.1, -0.05) is 13.8 Å². The van der Waals surface area contributed by atoms with Crippen molar-refractivity contribution in [1.29, 1.82) is 0 Å². The van der Waals surface area contributed by atoms with Crippen molar-refractivity contribution in [2.24, 2.45) is 11.8 Å². The molecule has 0 spiro atoms. The lowest BCUT2D eigenvalue weighted by Crippen LogP contribution is -2.43. The number of carbonyl (C=O) groups is 1. The molecular formula is C8H14O5. The molecule has 0 aromatic carbocycles. The van der Waals surface area contributed by atoms with E-state index in [2.05, 4.69) is 0 Å². The van der Waals surface area contributed by atoms with Crippen LogP contribution in [0.4, 0.5) is 0 Å². The molecule has 5 nitrogen and oxygen atoms in total. The van der Waals surface area contributed by atoms with Crippen LogP contribution in [-0.4, -0.2) is 39.8 Å². The fourth-order valence-electron chi connectivity index (χ4n) is 1.57. The van der Waals surface area contributed by atoms with E-state index < -0.39 is 23.8 Å². The maximum Gasteiger partial charge on any atom is 0.364 e. The third kappa shape index (κ3) is 1.43. The van der Waals surface area contributed by atoms with Crippen molar-refractivity contribution in [3.05, 3.63) is 0 Å². The highest BCUT2D eigenvalue weighted by Crippen LogP contribution is 2.38. The Morgan fingerprint density at radius 3 is 2.31 bits per heavy atom. The second kappa shape index (κ2) is 3.25. The number of aliphatic carboxylic acids is 1. The minimum absolute atomic E-state index is 0.175. The molecule has 3 N–H and O–H groups in total. The van der Waals surface area contributed by atoms with Gasteiger partial charge >= 0.3 is 5.97 Å². The average Bonchev–Trinajstić information content (AvgIpc) is 2.31. The van der Waals surface area contributed by atoms with Crippen molar-refractivity contribution in [1.82, 2.24) is 0 Å². The molecule has 0 unspecified atom stereocenters. The molecule has 0 saturated carbocycles. The summed E-state index contributed by atoms with van der Waals surface area (Å²) in [5.41, 5.74) is 0. The minimum atomic E-state index is -2.15. The summed E-state index contributed by atoms with van der Waals surface area (Å²) in [4.78, 5) is 10.7. The number of aliphatic hydroxyl groups excluding tert-OH is 1. The van der Waals surface area contributed by atoms with Gasteiger partial charge < -0.3 is 20.1 Å². The van der Waals surface area contributed by atoms with E-state index in [-0.39, 0.29) is 12.5 Å². The average molecular weight is 190 g/mol. The number of aliphatic hydroxyl groups is 2. The van der Waals surface area contributed by atoms with Crippen LogP contribution >= 0.6 is 0 Å². The number of hydrogen-bond acceptors (Lipinski definition) is 4. The van der Waals surface area contributed by atoms with Crippen LogP contribution in [0.1, 0.15) is 13.8 Å². The first kappa shape index (κ1) is 10.4. The lowest BCUT2D eigenvalue weighted by molar-refractivity contribution is -0.229.